The molecule has 0 unspecified atom stereocenters. The summed E-state index contributed by atoms with van der Waals surface area (Å²) in [5, 5.41) is 0. The molecular weight excluding hydrogens is 267 g/mol. The van der Waals surface area contributed by atoms with Crippen LogP contribution in [0.25, 0.3) is 0 Å². The largest absolute Gasteiger partial charge is 0.328 e. The van der Waals surface area contributed by atoms with Gasteiger partial charge in [0.1, 0.15) is 0 Å². The maximum atomic E-state index is 11.0. The molecule has 1 N–H and O–H groups in total. The van der Waals surface area contributed by atoms with Crippen LogP contribution in [0.15, 0.2) is 17.1 Å². The monoisotopic (exact) mass is 278 g/mol. The topological polar surface area (TPSA) is 36.1 Å². The van der Waals surface area contributed by atoms with E-state index in [0.717, 1.165) is 15.7 Å². The predicted molar refractivity (Wildman–Crippen MR) is 57.2 cm³/mol. The summed E-state index contributed by atoms with van der Waals surface area (Å²) in [7, 11) is 4.00. The summed E-state index contributed by atoms with van der Waals surface area (Å²) in [5.74, 6) is 0. The second-order valence-corrected chi connectivity index (χ2v) is 4.08. The number of hydrogen-bond acceptors (Lipinski definition) is 2. The molecule has 0 aromatic carbocycles. The number of rotatable bonds is 2. The fourth-order valence-corrected chi connectivity index (χ4v) is 1.51. The van der Waals surface area contributed by atoms with Gasteiger partial charge in [0.25, 0.3) is 5.56 Å². The SMILES string of the molecule is CN(C)Cc1c[nH]c(=O)c(I)c1. The average Bonchev–Trinajstić information content (AvgIpc) is 1.96. The van der Waals surface area contributed by atoms with E-state index >= 15 is 0 Å². The Kier molecular flexibility index (Phi) is 3.28. The van der Waals surface area contributed by atoms with Gasteiger partial charge in [-0.1, -0.05) is 0 Å². The van der Waals surface area contributed by atoms with Crippen LogP contribution in [0.2, 0.25) is 0 Å². The molecule has 0 amide bonds. The predicted octanol–water partition coefficient (Wildman–Crippen LogP) is 1.04. The summed E-state index contributed by atoms with van der Waals surface area (Å²) >= 11 is 2.03. The molecule has 0 saturated carbocycles. The Morgan fingerprint density at radius 2 is 2.25 bits per heavy atom. The van der Waals surface area contributed by atoms with E-state index in [2.05, 4.69) is 9.88 Å². The second kappa shape index (κ2) is 4.04. The molecule has 12 heavy (non-hydrogen) atoms. The fourth-order valence-electron chi connectivity index (χ4n) is 0.954. The normalized spacial score (nSPS) is 10.7. The molecule has 0 fully saturated rings. The smallest absolute Gasteiger partial charge is 0.261 e. The lowest BCUT2D eigenvalue weighted by molar-refractivity contribution is 0.401. The van der Waals surface area contributed by atoms with Crippen molar-refractivity contribution in [1.29, 1.82) is 0 Å². The van der Waals surface area contributed by atoms with Crippen molar-refractivity contribution in [1.82, 2.24) is 9.88 Å². The van der Waals surface area contributed by atoms with Crippen LogP contribution < -0.4 is 5.56 Å². The van der Waals surface area contributed by atoms with Crippen molar-refractivity contribution in [2.45, 2.75) is 6.54 Å². The van der Waals surface area contributed by atoms with E-state index in [-0.39, 0.29) is 5.56 Å². The molecule has 1 heterocycles. The molecule has 3 nitrogen and oxygen atoms in total. The number of halogens is 1. The first kappa shape index (κ1) is 9.73. The zero-order chi connectivity index (χ0) is 9.14. The van der Waals surface area contributed by atoms with Crippen molar-refractivity contribution in [2.24, 2.45) is 0 Å². The second-order valence-electron chi connectivity index (χ2n) is 2.92. The van der Waals surface area contributed by atoms with Crippen LogP contribution in [0.3, 0.4) is 0 Å². The van der Waals surface area contributed by atoms with Gasteiger partial charge in [-0.25, -0.2) is 0 Å². The van der Waals surface area contributed by atoms with Crippen molar-refractivity contribution in [2.75, 3.05) is 14.1 Å². The molecule has 0 saturated heterocycles. The van der Waals surface area contributed by atoms with E-state index in [1.165, 1.54) is 0 Å². The zero-order valence-electron chi connectivity index (χ0n) is 7.10. The highest BCUT2D eigenvalue weighted by Crippen LogP contribution is 2.02. The van der Waals surface area contributed by atoms with Crippen LogP contribution in [-0.4, -0.2) is 24.0 Å². The van der Waals surface area contributed by atoms with Gasteiger partial charge < -0.3 is 9.88 Å². The molecular formula is C8H11IN2O. The molecule has 0 spiro atoms. The minimum atomic E-state index is -0.0156. The van der Waals surface area contributed by atoms with E-state index in [9.17, 15) is 4.79 Å². The molecule has 0 radical (unpaired) electrons. The number of hydrogen-bond donors (Lipinski definition) is 1. The van der Waals surface area contributed by atoms with Gasteiger partial charge >= 0.3 is 0 Å². The van der Waals surface area contributed by atoms with Gasteiger partial charge in [0.05, 0.1) is 3.57 Å². The van der Waals surface area contributed by atoms with E-state index < -0.39 is 0 Å². The lowest BCUT2D eigenvalue weighted by Gasteiger charge is -2.08. The molecule has 0 aliphatic carbocycles. The Balaban J connectivity index is 2.90. The summed E-state index contributed by atoms with van der Waals surface area (Å²) in [4.78, 5) is 15.7. The minimum absolute atomic E-state index is 0.0156. The summed E-state index contributed by atoms with van der Waals surface area (Å²) in [6, 6.07) is 1.90. The number of pyridine rings is 1. The van der Waals surface area contributed by atoms with Crippen molar-refractivity contribution < 1.29 is 0 Å². The molecule has 4 heteroatoms. The van der Waals surface area contributed by atoms with Crippen molar-refractivity contribution >= 4 is 22.6 Å². The zero-order valence-corrected chi connectivity index (χ0v) is 9.25. The van der Waals surface area contributed by atoms with E-state index in [0.29, 0.717) is 0 Å². The quantitative estimate of drug-likeness (QED) is 0.821. The van der Waals surface area contributed by atoms with Crippen LogP contribution in [0.4, 0.5) is 0 Å². The third-order valence-corrected chi connectivity index (χ3v) is 2.22. The van der Waals surface area contributed by atoms with E-state index in [4.69, 9.17) is 0 Å². The molecule has 0 aliphatic rings. The van der Waals surface area contributed by atoms with Gasteiger partial charge in [0, 0.05) is 12.7 Å². The van der Waals surface area contributed by atoms with Crippen molar-refractivity contribution in [3.8, 4) is 0 Å². The molecule has 0 bridgehead atoms. The molecule has 1 rings (SSSR count). The number of aromatic nitrogens is 1. The first-order valence-corrected chi connectivity index (χ1v) is 4.69. The van der Waals surface area contributed by atoms with Crippen LogP contribution in [0.5, 0.6) is 0 Å². The van der Waals surface area contributed by atoms with Gasteiger partial charge in [-0.3, -0.25) is 4.79 Å². The standard InChI is InChI=1S/C8H11IN2O/c1-11(2)5-6-3-7(9)8(12)10-4-6/h3-4H,5H2,1-2H3,(H,10,12). The third-order valence-electron chi connectivity index (χ3n) is 1.42. The van der Waals surface area contributed by atoms with Gasteiger partial charge in [0.15, 0.2) is 0 Å². The van der Waals surface area contributed by atoms with Gasteiger partial charge in [-0.05, 0) is 48.3 Å². The summed E-state index contributed by atoms with van der Waals surface area (Å²) in [6.07, 6.45) is 1.75. The third kappa shape index (κ3) is 2.60. The Morgan fingerprint density at radius 3 is 2.75 bits per heavy atom. The molecule has 66 valence electrons. The Hall–Kier alpha value is -0.360. The Bertz CT molecular complexity index is 319. The van der Waals surface area contributed by atoms with E-state index in [1.54, 1.807) is 6.20 Å². The highest BCUT2D eigenvalue weighted by Gasteiger charge is 1.98. The van der Waals surface area contributed by atoms with Crippen molar-refractivity contribution in [3.05, 3.63) is 31.8 Å². The Labute approximate surface area is 84.9 Å². The van der Waals surface area contributed by atoms with Crippen LogP contribution in [0.1, 0.15) is 5.56 Å². The molecule has 1 aromatic heterocycles. The average molecular weight is 278 g/mol. The maximum absolute atomic E-state index is 11.0. The summed E-state index contributed by atoms with van der Waals surface area (Å²) in [5.41, 5.74) is 1.11. The van der Waals surface area contributed by atoms with Crippen molar-refractivity contribution in [3.63, 3.8) is 0 Å². The lowest BCUT2D eigenvalue weighted by atomic mass is 10.3. The Morgan fingerprint density at radius 1 is 1.58 bits per heavy atom. The van der Waals surface area contributed by atoms with E-state index in [1.807, 2.05) is 42.8 Å². The van der Waals surface area contributed by atoms with Gasteiger partial charge in [-0.15, -0.1) is 0 Å². The number of aromatic amines is 1. The highest BCUT2D eigenvalue weighted by atomic mass is 127. The highest BCUT2D eigenvalue weighted by molar-refractivity contribution is 14.1. The summed E-state index contributed by atoms with van der Waals surface area (Å²) < 4.78 is 0.743. The molecule has 0 aliphatic heterocycles. The molecule has 0 atom stereocenters. The maximum Gasteiger partial charge on any atom is 0.261 e. The fraction of sp³-hybridized carbons (Fsp3) is 0.375. The van der Waals surface area contributed by atoms with Gasteiger partial charge in [0.2, 0.25) is 0 Å². The first-order valence-electron chi connectivity index (χ1n) is 3.61. The van der Waals surface area contributed by atoms with Crippen LogP contribution in [0, 0.1) is 3.57 Å². The first-order chi connectivity index (χ1) is 5.59. The number of H-pyrrole nitrogens is 1. The summed E-state index contributed by atoms with van der Waals surface area (Å²) in [6.45, 7) is 0.854. The number of nitrogens with one attached hydrogen (secondary N) is 1. The van der Waals surface area contributed by atoms with Crippen LogP contribution in [-0.2, 0) is 6.54 Å². The lowest BCUT2D eigenvalue weighted by Crippen LogP contribution is -2.14. The minimum Gasteiger partial charge on any atom is -0.328 e. The van der Waals surface area contributed by atoms with Gasteiger partial charge in [-0.2, -0.15) is 0 Å². The number of nitrogens with zero attached hydrogens (tertiary/aromatic N) is 1. The van der Waals surface area contributed by atoms with Crippen LogP contribution >= 0.6 is 22.6 Å². The molecule has 1 aromatic rings.